The van der Waals surface area contributed by atoms with Gasteiger partial charge in [-0.2, -0.15) is 0 Å². The number of rotatable bonds is 6. The second kappa shape index (κ2) is 8.31. The average molecular weight is 147 g/mol. The van der Waals surface area contributed by atoms with Gasteiger partial charge in [0.05, 0.1) is 0 Å². The highest BCUT2D eigenvalue weighted by atomic mass is 32.1. The minimum atomic E-state index is 0.871. The van der Waals surface area contributed by atoms with E-state index in [2.05, 4.69) is 6.92 Å². The molecule has 0 aromatic heterocycles. The minimum absolute atomic E-state index is 0.871. The fourth-order valence-electron chi connectivity index (χ4n) is 0.553. The molecule has 0 saturated heterocycles. The van der Waals surface area contributed by atoms with Crippen LogP contribution in [0.3, 0.4) is 0 Å². The number of ether oxygens (including phenoxy) is 1. The van der Waals surface area contributed by atoms with Gasteiger partial charge in [-0.3, -0.25) is 0 Å². The Morgan fingerprint density at radius 3 is 2.56 bits per heavy atom. The van der Waals surface area contributed by atoms with Gasteiger partial charge in [-0.1, -0.05) is 19.6 Å². The maximum Gasteiger partial charge on any atom is 0.0466 e. The molecule has 0 spiro atoms. The van der Waals surface area contributed by atoms with Crippen LogP contribution in [0, 0.1) is 0 Å². The van der Waals surface area contributed by atoms with E-state index in [1.54, 1.807) is 0 Å². The summed E-state index contributed by atoms with van der Waals surface area (Å²) in [5.74, 6) is 0.871. The van der Waals surface area contributed by atoms with Crippen LogP contribution in [0.1, 0.15) is 26.2 Å². The molecular weight excluding hydrogens is 132 g/mol. The molecule has 0 bridgehead atoms. The standard InChI is InChI=1S/C7H15OS/c1-2-5-8-6-3-4-7-9/h2-7H2,1H3. The summed E-state index contributed by atoms with van der Waals surface area (Å²) in [6.07, 6.45) is 3.37. The Balaban J connectivity index is 2.60. The minimum Gasteiger partial charge on any atom is -0.381 e. The predicted molar refractivity (Wildman–Crippen MR) is 42.8 cm³/mol. The van der Waals surface area contributed by atoms with E-state index in [4.69, 9.17) is 17.4 Å². The normalized spacial score (nSPS) is 10.0. The van der Waals surface area contributed by atoms with Crippen LogP contribution in [0.25, 0.3) is 0 Å². The first-order valence-electron chi connectivity index (χ1n) is 3.57. The van der Waals surface area contributed by atoms with Crippen molar-refractivity contribution in [2.24, 2.45) is 0 Å². The number of hydrogen-bond acceptors (Lipinski definition) is 1. The van der Waals surface area contributed by atoms with E-state index in [0.717, 1.165) is 38.2 Å². The summed E-state index contributed by atoms with van der Waals surface area (Å²) in [7, 11) is 0. The van der Waals surface area contributed by atoms with Crippen molar-refractivity contribution in [3.8, 4) is 0 Å². The van der Waals surface area contributed by atoms with Gasteiger partial charge in [0.25, 0.3) is 0 Å². The molecule has 0 N–H and O–H groups in total. The Morgan fingerprint density at radius 1 is 1.22 bits per heavy atom. The van der Waals surface area contributed by atoms with Crippen molar-refractivity contribution in [3.05, 3.63) is 0 Å². The monoisotopic (exact) mass is 147 g/mol. The van der Waals surface area contributed by atoms with Gasteiger partial charge in [0.1, 0.15) is 0 Å². The molecule has 0 aliphatic carbocycles. The number of unbranched alkanes of at least 4 members (excludes halogenated alkanes) is 1. The Kier molecular flexibility index (Phi) is 8.60. The van der Waals surface area contributed by atoms with Crippen molar-refractivity contribution < 1.29 is 4.74 Å². The van der Waals surface area contributed by atoms with E-state index in [-0.39, 0.29) is 0 Å². The molecule has 0 unspecified atom stereocenters. The van der Waals surface area contributed by atoms with E-state index < -0.39 is 0 Å². The highest BCUT2D eigenvalue weighted by Crippen LogP contribution is 1.92. The highest BCUT2D eigenvalue weighted by Gasteiger charge is 1.85. The van der Waals surface area contributed by atoms with Gasteiger partial charge < -0.3 is 4.74 Å². The first-order chi connectivity index (χ1) is 4.41. The lowest BCUT2D eigenvalue weighted by Crippen LogP contribution is -1.95. The van der Waals surface area contributed by atoms with Crippen LogP contribution in [0.5, 0.6) is 0 Å². The molecule has 0 fully saturated rings. The fraction of sp³-hybridized carbons (Fsp3) is 1.00. The largest absolute Gasteiger partial charge is 0.381 e. The van der Waals surface area contributed by atoms with Crippen molar-refractivity contribution in [2.75, 3.05) is 19.0 Å². The van der Waals surface area contributed by atoms with Gasteiger partial charge in [0.15, 0.2) is 0 Å². The molecule has 0 heterocycles. The van der Waals surface area contributed by atoms with Gasteiger partial charge in [-0.25, -0.2) is 0 Å². The summed E-state index contributed by atoms with van der Waals surface area (Å²) in [6.45, 7) is 3.91. The molecule has 2 heteroatoms. The Bertz CT molecular complexity index is 42.2. The number of hydrogen-bond donors (Lipinski definition) is 0. The van der Waals surface area contributed by atoms with Crippen molar-refractivity contribution in [2.45, 2.75) is 26.2 Å². The van der Waals surface area contributed by atoms with Gasteiger partial charge in [0, 0.05) is 19.0 Å². The summed E-state index contributed by atoms with van der Waals surface area (Å²) in [4.78, 5) is 0. The lowest BCUT2D eigenvalue weighted by atomic mass is 10.4. The van der Waals surface area contributed by atoms with E-state index >= 15 is 0 Å². The zero-order valence-corrected chi connectivity index (χ0v) is 6.88. The van der Waals surface area contributed by atoms with E-state index in [1.807, 2.05) is 0 Å². The lowest BCUT2D eigenvalue weighted by Gasteiger charge is -1.98. The van der Waals surface area contributed by atoms with Crippen molar-refractivity contribution in [1.29, 1.82) is 0 Å². The Morgan fingerprint density at radius 2 is 2.00 bits per heavy atom. The molecule has 0 aromatic rings. The topological polar surface area (TPSA) is 9.23 Å². The van der Waals surface area contributed by atoms with Gasteiger partial charge in [-0.05, 0) is 19.3 Å². The predicted octanol–water partition coefficient (Wildman–Crippen LogP) is 2.39. The molecule has 0 aromatic carbocycles. The van der Waals surface area contributed by atoms with E-state index in [1.165, 1.54) is 0 Å². The van der Waals surface area contributed by atoms with Crippen LogP contribution in [-0.2, 0) is 4.74 Å². The van der Waals surface area contributed by atoms with Gasteiger partial charge >= 0.3 is 0 Å². The van der Waals surface area contributed by atoms with Crippen LogP contribution >= 0.6 is 12.6 Å². The first-order valence-corrected chi connectivity index (χ1v) is 4.15. The van der Waals surface area contributed by atoms with Crippen molar-refractivity contribution in [1.82, 2.24) is 0 Å². The quantitative estimate of drug-likeness (QED) is 0.524. The summed E-state index contributed by atoms with van der Waals surface area (Å²) in [5.41, 5.74) is 0. The molecular formula is C7H15OS. The summed E-state index contributed by atoms with van der Waals surface area (Å²) < 4.78 is 5.24. The molecule has 0 atom stereocenters. The van der Waals surface area contributed by atoms with E-state index in [9.17, 15) is 0 Å². The Labute approximate surface area is 63.2 Å². The van der Waals surface area contributed by atoms with Crippen LogP contribution < -0.4 is 0 Å². The zero-order chi connectivity index (χ0) is 6.95. The summed E-state index contributed by atoms with van der Waals surface area (Å²) in [6, 6.07) is 0. The van der Waals surface area contributed by atoms with Crippen LogP contribution in [0.15, 0.2) is 0 Å². The molecule has 1 radical (unpaired) electrons. The molecule has 0 aliphatic heterocycles. The SMILES string of the molecule is CCCOCCCC[S]. The van der Waals surface area contributed by atoms with Crippen LogP contribution in [0.2, 0.25) is 0 Å². The second-order valence-electron chi connectivity index (χ2n) is 2.02. The second-order valence-corrected chi connectivity index (χ2v) is 2.43. The molecule has 0 saturated carbocycles. The third kappa shape index (κ3) is 8.31. The molecule has 0 amide bonds. The first kappa shape index (κ1) is 9.31. The van der Waals surface area contributed by atoms with Gasteiger partial charge in [-0.15, -0.1) is 0 Å². The summed E-state index contributed by atoms with van der Waals surface area (Å²) in [5, 5.41) is 0. The zero-order valence-electron chi connectivity index (χ0n) is 6.06. The molecule has 9 heavy (non-hydrogen) atoms. The molecule has 0 aliphatic rings. The molecule has 1 nitrogen and oxygen atoms in total. The third-order valence-electron chi connectivity index (χ3n) is 1.03. The van der Waals surface area contributed by atoms with Crippen LogP contribution in [0.4, 0.5) is 0 Å². The smallest absolute Gasteiger partial charge is 0.0466 e. The van der Waals surface area contributed by atoms with Gasteiger partial charge in [0.2, 0.25) is 0 Å². The Hall–Kier alpha value is 0.310. The molecule has 55 valence electrons. The van der Waals surface area contributed by atoms with E-state index in [0.29, 0.717) is 0 Å². The highest BCUT2D eigenvalue weighted by molar-refractivity contribution is 7.80. The molecule has 0 rings (SSSR count). The maximum atomic E-state index is 5.24. The maximum absolute atomic E-state index is 5.24. The average Bonchev–Trinajstić information content (AvgIpc) is 1.89. The fourth-order valence-corrected chi connectivity index (χ4v) is 0.757. The lowest BCUT2D eigenvalue weighted by molar-refractivity contribution is 0.132. The van der Waals surface area contributed by atoms with Crippen molar-refractivity contribution >= 4 is 12.6 Å². The third-order valence-corrected chi connectivity index (χ3v) is 1.32. The van der Waals surface area contributed by atoms with Crippen LogP contribution in [-0.4, -0.2) is 19.0 Å². The van der Waals surface area contributed by atoms with Crippen molar-refractivity contribution in [3.63, 3.8) is 0 Å². The summed E-state index contributed by atoms with van der Waals surface area (Å²) >= 11 is 4.77.